The van der Waals surface area contributed by atoms with Gasteiger partial charge in [-0.1, -0.05) is 20.8 Å². The average Bonchev–Trinajstić information content (AvgIpc) is 2.63. The lowest BCUT2D eigenvalue weighted by molar-refractivity contribution is -0.131. The predicted octanol–water partition coefficient (Wildman–Crippen LogP) is 1.47. The predicted molar refractivity (Wildman–Crippen MR) is 71.3 cm³/mol. The van der Waals surface area contributed by atoms with E-state index in [-0.39, 0.29) is 35.9 Å². The summed E-state index contributed by atoms with van der Waals surface area (Å²) in [6, 6.07) is 0. The Bertz CT molecular complexity index is 241. The molecule has 5 heteroatoms. The van der Waals surface area contributed by atoms with E-state index in [2.05, 4.69) is 26.1 Å². The molecule has 1 rings (SSSR count). The van der Waals surface area contributed by atoms with Crippen molar-refractivity contribution >= 4 is 18.3 Å². The lowest BCUT2D eigenvalue weighted by Gasteiger charge is -2.19. The number of hydrogen-bond donors (Lipinski definition) is 2. The number of nitrogens with two attached hydrogens (primary N) is 1. The van der Waals surface area contributed by atoms with Gasteiger partial charge in [-0.2, -0.15) is 0 Å². The fourth-order valence-electron chi connectivity index (χ4n) is 1.75. The zero-order chi connectivity index (χ0) is 12.2. The van der Waals surface area contributed by atoms with E-state index in [4.69, 9.17) is 10.5 Å². The quantitative estimate of drug-likeness (QED) is 0.808. The minimum absolute atomic E-state index is 0. The van der Waals surface area contributed by atoms with Crippen molar-refractivity contribution in [1.29, 1.82) is 0 Å². The number of halogens is 1. The Morgan fingerprint density at radius 3 is 2.53 bits per heavy atom. The van der Waals surface area contributed by atoms with Crippen molar-refractivity contribution in [3.8, 4) is 0 Å². The normalized spacial score (nSPS) is 24.2. The van der Waals surface area contributed by atoms with Gasteiger partial charge < -0.3 is 15.8 Å². The molecule has 0 aromatic heterocycles. The molecular formula is C12H25ClN2O2. The van der Waals surface area contributed by atoms with Gasteiger partial charge in [0, 0.05) is 13.1 Å². The topological polar surface area (TPSA) is 64.4 Å². The first-order valence-electron chi connectivity index (χ1n) is 6.05. The van der Waals surface area contributed by atoms with E-state index in [0.29, 0.717) is 6.54 Å². The summed E-state index contributed by atoms with van der Waals surface area (Å²) in [4.78, 5) is 11.7. The van der Waals surface area contributed by atoms with Crippen LogP contribution < -0.4 is 11.1 Å². The van der Waals surface area contributed by atoms with E-state index in [1.54, 1.807) is 0 Å². The molecule has 0 aliphatic carbocycles. The fourth-order valence-corrected chi connectivity index (χ4v) is 1.75. The van der Waals surface area contributed by atoms with E-state index < -0.39 is 0 Å². The van der Waals surface area contributed by atoms with Gasteiger partial charge in [-0.05, 0) is 24.7 Å². The molecule has 17 heavy (non-hydrogen) atoms. The molecule has 4 nitrogen and oxygen atoms in total. The van der Waals surface area contributed by atoms with E-state index >= 15 is 0 Å². The van der Waals surface area contributed by atoms with Crippen LogP contribution in [0.15, 0.2) is 0 Å². The largest absolute Gasteiger partial charge is 0.364 e. The van der Waals surface area contributed by atoms with E-state index in [0.717, 1.165) is 25.8 Å². The highest BCUT2D eigenvalue weighted by molar-refractivity contribution is 5.85. The first-order chi connectivity index (χ1) is 7.42. The third kappa shape index (κ3) is 6.24. The minimum Gasteiger partial charge on any atom is -0.364 e. The number of nitrogens with one attached hydrogen (secondary N) is 1. The van der Waals surface area contributed by atoms with Gasteiger partial charge in [0.1, 0.15) is 6.10 Å². The van der Waals surface area contributed by atoms with E-state index in [9.17, 15) is 4.79 Å². The molecule has 3 N–H and O–H groups in total. The molecule has 0 radical (unpaired) electrons. The molecular weight excluding hydrogens is 240 g/mol. The number of ether oxygens (including phenoxy) is 1. The molecule has 1 aliphatic rings. The van der Waals surface area contributed by atoms with Gasteiger partial charge in [0.25, 0.3) is 0 Å². The second-order valence-corrected chi connectivity index (χ2v) is 5.66. The highest BCUT2D eigenvalue weighted by Crippen LogP contribution is 2.20. The Morgan fingerprint density at radius 2 is 2.06 bits per heavy atom. The van der Waals surface area contributed by atoms with Crippen LogP contribution in [0.25, 0.3) is 0 Å². The monoisotopic (exact) mass is 264 g/mol. The van der Waals surface area contributed by atoms with Crippen molar-refractivity contribution in [2.45, 2.75) is 52.2 Å². The van der Waals surface area contributed by atoms with E-state index in [1.165, 1.54) is 0 Å². The van der Waals surface area contributed by atoms with E-state index in [1.807, 2.05) is 0 Å². The van der Waals surface area contributed by atoms with Crippen LogP contribution in [-0.4, -0.2) is 31.2 Å². The third-order valence-electron chi connectivity index (χ3n) is 2.84. The Hall–Kier alpha value is -0.320. The molecule has 1 saturated heterocycles. The summed E-state index contributed by atoms with van der Waals surface area (Å²) in [5.41, 5.74) is 5.75. The number of hydrogen-bond acceptors (Lipinski definition) is 3. The molecule has 1 amide bonds. The van der Waals surface area contributed by atoms with Gasteiger partial charge >= 0.3 is 0 Å². The first-order valence-corrected chi connectivity index (χ1v) is 6.05. The van der Waals surface area contributed by atoms with Gasteiger partial charge in [0.15, 0.2) is 0 Å². The molecule has 1 heterocycles. The highest BCUT2D eigenvalue weighted by Gasteiger charge is 2.29. The fraction of sp³-hybridized carbons (Fsp3) is 0.917. The number of carbonyl (C=O) groups is 1. The van der Waals surface area contributed by atoms with Crippen LogP contribution in [0.3, 0.4) is 0 Å². The molecule has 0 aromatic carbocycles. The molecule has 1 aliphatic heterocycles. The molecule has 1 fully saturated rings. The van der Waals surface area contributed by atoms with Crippen LogP contribution in [0.4, 0.5) is 0 Å². The summed E-state index contributed by atoms with van der Waals surface area (Å²) >= 11 is 0. The maximum absolute atomic E-state index is 11.7. The van der Waals surface area contributed by atoms with Crippen LogP contribution in [0.5, 0.6) is 0 Å². The average molecular weight is 265 g/mol. The smallest absolute Gasteiger partial charge is 0.249 e. The SMILES string of the molecule is CC(C)(C)CCNC(=O)[C@@H]1CC[C@H](CN)O1.Cl. The van der Waals surface area contributed by atoms with Gasteiger partial charge in [-0.3, -0.25) is 4.79 Å². The minimum atomic E-state index is -0.284. The van der Waals surface area contributed by atoms with Gasteiger partial charge in [-0.25, -0.2) is 0 Å². The molecule has 102 valence electrons. The Labute approximate surface area is 110 Å². The standard InChI is InChI=1S/C12H24N2O2.ClH/c1-12(2,3)6-7-14-11(15)10-5-4-9(8-13)16-10;/h9-10H,4-8,13H2,1-3H3,(H,14,15);1H/t9-,10+;/m1./s1. The molecule has 0 aromatic rings. The summed E-state index contributed by atoms with van der Waals surface area (Å²) in [7, 11) is 0. The number of rotatable bonds is 4. The van der Waals surface area contributed by atoms with Gasteiger partial charge in [-0.15, -0.1) is 12.4 Å². The van der Waals surface area contributed by atoms with Crippen molar-refractivity contribution < 1.29 is 9.53 Å². The van der Waals surface area contributed by atoms with Gasteiger partial charge in [0.2, 0.25) is 5.91 Å². The van der Waals surface area contributed by atoms with Crippen LogP contribution in [-0.2, 0) is 9.53 Å². The van der Waals surface area contributed by atoms with Crippen LogP contribution >= 0.6 is 12.4 Å². The summed E-state index contributed by atoms with van der Waals surface area (Å²) < 4.78 is 5.52. The van der Waals surface area contributed by atoms with Crippen molar-refractivity contribution in [3.63, 3.8) is 0 Å². The molecule has 2 atom stereocenters. The summed E-state index contributed by atoms with van der Waals surface area (Å²) in [6.45, 7) is 7.71. The second kappa shape index (κ2) is 7.19. The van der Waals surface area contributed by atoms with Crippen molar-refractivity contribution in [3.05, 3.63) is 0 Å². The zero-order valence-electron chi connectivity index (χ0n) is 11.0. The van der Waals surface area contributed by atoms with Crippen LogP contribution in [0.2, 0.25) is 0 Å². The Kier molecular flexibility index (Phi) is 7.05. The lowest BCUT2D eigenvalue weighted by Crippen LogP contribution is -2.36. The number of carbonyl (C=O) groups excluding carboxylic acids is 1. The van der Waals surface area contributed by atoms with Crippen LogP contribution in [0, 0.1) is 5.41 Å². The Balaban J connectivity index is 0.00000256. The third-order valence-corrected chi connectivity index (χ3v) is 2.84. The zero-order valence-corrected chi connectivity index (χ0v) is 11.8. The van der Waals surface area contributed by atoms with Crippen molar-refractivity contribution in [1.82, 2.24) is 5.32 Å². The highest BCUT2D eigenvalue weighted by atomic mass is 35.5. The number of amides is 1. The summed E-state index contributed by atoms with van der Waals surface area (Å²) in [5.74, 6) is 0.0141. The van der Waals surface area contributed by atoms with Crippen LogP contribution in [0.1, 0.15) is 40.0 Å². The molecule has 0 unspecified atom stereocenters. The lowest BCUT2D eigenvalue weighted by atomic mass is 9.92. The van der Waals surface area contributed by atoms with Gasteiger partial charge in [0.05, 0.1) is 6.10 Å². The molecule has 0 saturated carbocycles. The Morgan fingerprint density at radius 1 is 1.41 bits per heavy atom. The molecule has 0 bridgehead atoms. The second-order valence-electron chi connectivity index (χ2n) is 5.66. The first kappa shape index (κ1) is 16.7. The maximum atomic E-state index is 11.7. The molecule has 0 spiro atoms. The summed E-state index contributed by atoms with van der Waals surface area (Å²) in [6.07, 6.45) is 2.45. The van der Waals surface area contributed by atoms with Crippen molar-refractivity contribution in [2.24, 2.45) is 11.1 Å². The van der Waals surface area contributed by atoms with Crippen molar-refractivity contribution in [2.75, 3.05) is 13.1 Å². The maximum Gasteiger partial charge on any atom is 0.249 e. The summed E-state index contributed by atoms with van der Waals surface area (Å²) in [5, 5.41) is 2.92.